The second-order valence-corrected chi connectivity index (χ2v) is 16.6. The predicted octanol–water partition coefficient (Wildman–Crippen LogP) is 13.6. The van der Waals surface area contributed by atoms with Gasteiger partial charge < -0.3 is 0 Å². The van der Waals surface area contributed by atoms with E-state index in [0.29, 0.717) is 9.13 Å². The van der Waals surface area contributed by atoms with Crippen molar-refractivity contribution in [1.82, 2.24) is 24.1 Å². The molecule has 3 aromatic heterocycles. The van der Waals surface area contributed by atoms with Gasteiger partial charge in [0.25, 0.3) is 0 Å². The summed E-state index contributed by atoms with van der Waals surface area (Å²) >= 11 is 0. The van der Waals surface area contributed by atoms with Crippen LogP contribution in [0.3, 0.4) is 0 Å². The van der Waals surface area contributed by atoms with Crippen molar-refractivity contribution in [2.24, 2.45) is 0 Å². The van der Waals surface area contributed by atoms with Gasteiger partial charge in [0.2, 0.25) is 11.9 Å². The monoisotopic (exact) mass is 885 g/mol. The van der Waals surface area contributed by atoms with Crippen molar-refractivity contribution >= 4 is 62.1 Å². The summed E-state index contributed by atoms with van der Waals surface area (Å²) < 4.78 is 486. The lowest BCUT2D eigenvalue weighted by Gasteiger charge is -2.49. The van der Waals surface area contributed by atoms with Gasteiger partial charge >= 0.3 is 0 Å². The van der Waals surface area contributed by atoms with Crippen molar-refractivity contribution in [2.75, 3.05) is 0 Å². The third kappa shape index (κ3) is 6.37. The fourth-order valence-electron chi connectivity index (χ4n) is 7.21. The van der Waals surface area contributed by atoms with E-state index in [1.807, 2.05) is 0 Å². The molecule has 0 bridgehead atoms. The summed E-state index contributed by atoms with van der Waals surface area (Å²) in [6.45, 7) is 0. The van der Waals surface area contributed by atoms with Gasteiger partial charge in [-0.05, 0) is 46.3 Å². The van der Waals surface area contributed by atoms with Crippen LogP contribution in [0.2, 0.25) is 11.0 Å². The Balaban J connectivity index is 1.50. The summed E-state index contributed by atoms with van der Waals surface area (Å²) in [6, 6.07) is -43.5. The molecule has 0 unspecified atom stereocenters. The molecule has 2 aliphatic rings. The molecule has 2 fully saturated rings. The zero-order chi connectivity index (χ0) is 86.8. The Kier molecular flexibility index (Phi) is 3.12. The molecule has 0 radical (unpaired) electrons. The smallest absolute Gasteiger partial charge is 0.240 e. The molecule has 12 rings (SSSR count). The molecule has 2 saturated carbocycles. The standard InChI is InChI=1S/C57H51N5Si/c1-4-20-40(21-5-1)41-22-18-28-45(38-41)63(43-24-6-2-7-25-43,44-26-8-3-9-27-44)46-29-19-23-42(39-46)55-58-56(61-51-34-14-10-30-47(51)48-31-11-15-35-52(48)61)60-57(59-55)62-53-36-16-12-32-49(53)50-33-13-17-37-54(50)62/h1,4-5,10-23,28-39,43-44H,2-3,6-9,24-27H2/i1D,2D2,3D2,4D,5D,6D2,7D2,8D2,9D2,10D,11D,12D,13D,14D,15D,16D,17D,18D,19D,20D,21D,22D,23D,24D2,25D2,26D2,27D2,28D,29D,30D,31D,32D,33D,34D,35D,36D,37D,38D,39D,43D,44D. The maximum Gasteiger partial charge on any atom is 0.240 e. The number of benzene rings is 7. The number of para-hydroxylation sites is 4. The summed E-state index contributed by atoms with van der Waals surface area (Å²) in [4.78, 5) is 13.2. The van der Waals surface area contributed by atoms with Crippen LogP contribution in [0.4, 0.5) is 0 Å². The summed E-state index contributed by atoms with van der Waals surface area (Å²) in [6.07, 6.45) is -53.3. The van der Waals surface area contributed by atoms with Gasteiger partial charge in [-0.15, -0.1) is 0 Å². The summed E-state index contributed by atoms with van der Waals surface area (Å²) in [5, 5.41) is -8.62. The molecule has 0 spiro atoms. The number of rotatable bonds is 8. The van der Waals surface area contributed by atoms with Gasteiger partial charge in [-0.1, -0.05) is 225 Å². The van der Waals surface area contributed by atoms with E-state index >= 15 is 0 Å². The van der Waals surface area contributed by atoms with Crippen LogP contribution in [-0.4, -0.2) is 32.2 Å². The van der Waals surface area contributed by atoms with Gasteiger partial charge in [0.15, 0.2) is 5.82 Å². The van der Waals surface area contributed by atoms with E-state index in [1.54, 1.807) is 0 Å². The molecule has 0 N–H and O–H groups in total. The quantitative estimate of drug-likeness (QED) is 0.143. The Hall–Kier alpha value is -6.63. The Labute approximate surface area is 441 Å². The minimum atomic E-state index is -9.37. The topological polar surface area (TPSA) is 48.5 Å². The second kappa shape index (κ2) is 15.9. The van der Waals surface area contributed by atoms with E-state index in [-0.39, 0.29) is 0 Å². The SMILES string of the molecule is [2H]c1c([2H])c([2H])c(-c2c([2H])c([2H])c([2H])c([Si](c3c([2H])c([2H])c([2H])c(-c4nc(-n5c6c([2H])c([2H])c([2H])c([2H])c6c6c([2H])c([2H])c([2H])c([2H])c65)nc(-n5c6c([2H])c([2H])c([2H])c([2H])c6c6c([2H])c([2H])c([2H])c([2H])c65)n4)c3[2H])(C3([2H])C([2H])([2H])C([2H])([2H])C([2H])([2H])C([2H])([2H])C3([2H])[2H])C3([2H])C([2H])([2H])C([2H])([2H])C([2H])([2H])C([2H])([2H])C3([2H])[2H])c2[2H])c([2H])c1[2H]. The molecular weight excluding hydrogens is 783 g/mol. The highest BCUT2D eigenvalue weighted by molar-refractivity contribution is 7.04. The molecule has 0 aliphatic heterocycles. The van der Waals surface area contributed by atoms with Crippen molar-refractivity contribution < 1.29 is 69.9 Å². The number of aromatic nitrogens is 5. The van der Waals surface area contributed by atoms with Crippen LogP contribution >= 0.6 is 0 Å². The molecule has 7 aromatic carbocycles. The molecule has 6 heteroatoms. The van der Waals surface area contributed by atoms with Crippen molar-refractivity contribution in [3.8, 4) is 34.4 Å². The van der Waals surface area contributed by atoms with Crippen LogP contribution < -0.4 is 10.4 Å². The van der Waals surface area contributed by atoms with Crippen LogP contribution in [0.1, 0.15) is 134 Å². The molecule has 0 saturated heterocycles. The van der Waals surface area contributed by atoms with Crippen molar-refractivity contribution in [1.29, 1.82) is 0 Å². The average molecular weight is 885 g/mol. The van der Waals surface area contributed by atoms with E-state index in [1.165, 1.54) is 0 Å². The first-order valence-electron chi connectivity index (χ1n) is 43.7. The van der Waals surface area contributed by atoms with Gasteiger partial charge in [0, 0.05) is 57.3 Å². The van der Waals surface area contributed by atoms with Crippen LogP contribution in [0, 0.1) is 0 Å². The van der Waals surface area contributed by atoms with Crippen molar-refractivity contribution in [3.63, 3.8) is 0 Å². The Morgan fingerprint density at radius 1 is 0.413 bits per heavy atom. The molecule has 308 valence electrons. The Morgan fingerprint density at radius 2 is 0.794 bits per heavy atom. The van der Waals surface area contributed by atoms with Crippen molar-refractivity contribution in [3.05, 3.63) is 175 Å². The van der Waals surface area contributed by atoms with E-state index in [2.05, 4.69) is 15.0 Å². The van der Waals surface area contributed by atoms with Crippen LogP contribution in [0.15, 0.2) is 175 Å². The minimum Gasteiger partial charge on any atom is -0.278 e. The van der Waals surface area contributed by atoms with Gasteiger partial charge in [0.1, 0.15) is 8.07 Å². The largest absolute Gasteiger partial charge is 0.278 e. The van der Waals surface area contributed by atoms with E-state index in [0.717, 1.165) is 0 Å². The lowest BCUT2D eigenvalue weighted by molar-refractivity contribution is 0.459. The molecule has 63 heavy (non-hydrogen) atoms. The van der Waals surface area contributed by atoms with Gasteiger partial charge in [-0.2, -0.15) is 15.0 Å². The molecule has 5 nitrogen and oxygen atoms in total. The van der Waals surface area contributed by atoms with E-state index in [4.69, 9.17) is 23.3 Å². The van der Waals surface area contributed by atoms with E-state index in [9.17, 15) is 46.6 Å². The third-order valence-electron chi connectivity index (χ3n) is 9.80. The molecule has 0 atom stereocenters. The van der Waals surface area contributed by atoms with Gasteiger partial charge in [0.05, 0.1) is 61.8 Å². The Bertz CT molecular complexity index is 5580. The molecule has 2 aliphatic carbocycles. The number of nitrogens with zero attached hydrogens (tertiary/aromatic N) is 5. The second-order valence-electron chi connectivity index (χ2n) is 13.1. The molecule has 3 heterocycles. The van der Waals surface area contributed by atoms with Crippen LogP contribution in [0.25, 0.3) is 78.0 Å². The fraction of sp³-hybridized carbons (Fsp3) is 0.211. The van der Waals surface area contributed by atoms with Crippen LogP contribution in [-0.2, 0) is 0 Å². The molecule has 10 aromatic rings. The van der Waals surface area contributed by atoms with Gasteiger partial charge in [-0.25, -0.2) is 0 Å². The lowest BCUT2D eigenvalue weighted by atomic mass is 9.99. The van der Waals surface area contributed by atoms with Crippen LogP contribution in [0.5, 0.6) is 0 Å². The summed E-state index contributed by atoms with van der Waals surface area (Å²) in [5.41, 5.74) is -21.4. The fourth-order valence-corrected chi connectivity index (χ4v) is 10.8. The first-order valence-corrected chi connectivity index (χ1v) is 20.2. The summed E-state index contributed by atoms with van der Waals surface area (Å²) in [5.74, 6) is -4.77. The number of hydrogen-bond acceptors (Lipinski definition) is 3. The highest BCUT2D eigenvalue weighted by Gasteiger charge is 2.50. The summed E-state index contributed by atoms with van der Waals surface area (Å²) in [7, 11) is -9.37. The number of hydrogen-bond donors (Lipinski definition) is 0. The first-order chi connectivity index (χ1) is 51.6. The van der Waals surface area contributed by atoms with Crippen molar-refractivity contribution in [2.45, 2.75) is 74.8 Å². The third-order valence-corrected chi connectivity index (χ3v) is 13.8. The first kappa shape index (κ1) is 12.3. The zero-order valence-corrected chi connectivity index (χ0v) is 32.2. The normalized spacial score (nSPS) is 36.1. The maximum atomic E-state index is 11.2. The molecular formula is C57H51N5Si. The predicted molar refractivity (Wildman–Crippen MR) is 265 cm³/mol. The van der Waals surface area contributed by atoms with Gasteiger partial charge in [-0.3, -0.25) is 9.13 Å². The molecule has 0 amide bonds. The minimum absolute atomic E-state index is 0.364. The Morgan fingerprint density at radius 3 is 1.25 bits per heavy atom. The average Bonchev–Trinajstić information content (AvgIpc) is 0.686. The number of fused-ring (bicyclic) bond motifs is 6. The van der Waals surface area contributed by atoms with E-state index < -0.39 is 346 Å². The highest BCUT2D eigenvalue weighted by Crippen LogP contribution is 2.48. The zero-order valence-electron chi connectivity index (χ0n) is 82.2. The highest BCUT2D eigenvalue weighted by atomic mass is 28.3. The lowest BCUT2D eigenvalue weighted by Crippen LogP contribution is -2.65. The maximum absolute atomic E-state index is 11.2.